The molecule has 2 aromatic carbocycles. The molecule has 0 saturated carbocycles. The zero-order chi connectivity index (χ0) is 24.6. The Morgan fingerprint density at radius 3 is 2.12 bits per heavy atom. The molecule has 174 valence electrons. The average Bonchev–Trinajstić information content (AvgIpc) is 2.75. The highest BCUT2D eigenvalue weighted by Gasteiger charge is 2.34. The normalized spacial score (nSPS) is 13.1. The fourth-order valence-corrected chi connectivity index (χ4v) is 4.51. The molecule has 0 saturated heterocycles. The van der Waals surface area contributed by atoms with E-state index in [0.29, 0.717) is 5.82 Å². The lowest BCUT2D eigenvalue weighted by atomic mass is 9.90. The van der Waals surface area contributed by atoms with Crippen LogP contribution in [-0.2, 0) is 17.9 Å². The summed E-state index contributed by atoms with van der Waals surface area (Å²) in [6.45, 7) is 17.2. The van der Waals surface area contributed by atoms with Crippen molar-refractivity contribution < 1.29 is 9.30 Å². The summed E-state index contributed by atoms with van der Waals surface area (Å²) in [5, 5.41) is 2.35. The highest BCUT2D eigenvalue weighted by Crippen LogP contribution is 2.50. The largest absolute Gasteiger partial charge is 0.449 e. The van der Waals surface area contributed by atoms with Gasteiger partial charge in [-0.05, 0) is 36.4 Å². The van der Waals surface area contributed by atoms with Crippen molar-refractivity contribution >= 4 is 10.8 Å². The Hall–Kier alpha value is -3.34. The molecule has 5 rings (SSSR count). The SMILES string of the molecule is Cc1cc2cccc3c2c(c1C)-c1c(c(-c2nc(C(C)(C)C)nc(C(C)(C)C)n2)cc[n+]1C)O3. The molecule has 5 heteroatoms. The summed E-state index contributed by atoms with van der Waals surface area (Å²) in [6, 6.07) is 10.6. The number of aromatic nitrogens is 4. The number of aryl methyl sites for hydroxylation is 2. The van der Waals surface area contributed by atoms with Crippen LogP contribution in [0.25, 0.3) is 33.4 Å². The Kier molecular flexibility index (Phi) is 4.84. The van der Waals surface area contributed by atoms with Gasteiger partial charge in [0.2, 0.25) is 5.75 Å². The predicted octanol–water partition coefficient (Wildman–Crippen LogP) is 6.50. The van der Waals surface area contributed by atoms with Gasteiger partial charge in [0.25, 0.3) is 5.69 Å². The van der Waals surface area contributed by atoms with Crippen molar-refractivity contribution in [2.45, 2.75) is 66.2 Å². The minimum absolute atomic E-state index is 0.204. The molecule has 4 aromatic rings. The van der Waals surface area contributed by atoms with E-state index in [4.69, 9.17) is 19.7 Å². The van der Waals surface area contributed by atoms with E-state index < -0.39 is 0 Å². The van der Waals surface area contributed by atoms with Crippen LogP contribution in [0.3, 0.4) is 0 Å². The predicted molar refractivity (Wildman–Crippen MR) is 136 cm³/mol. The molecular weight excluding hydrogens is 420 g/mol. The van der Waals surface area contributed by atoms with Crippen LogP contribution in [0.5, 0.6) is 11.5 Å². The van der Waals surface area contributed by atoms with Gasteiger partial charge in [-0.15, -0.1) is 0 Å². The molecule has 0 amide bonds. The molecule has 0 bridgehead atoms. The van der Waals surface area contributed by atoms with E-state index in [-0.39, 0.29) is 10.8 Å². The Morgan fingerprint density at radius 2 is 1.50 bits per heavy atom. The lowest BCUT2D eigenvalue weighted by molar-refractivity contribution is -0.660. The molecule has 0 N–H and O–H groups in total. The lowest BCUT2D eigenvalue weighted by Gasteiger charge is -2.25. The van der Waals surface area contributed by atoms with Gasteiger partial charge in [0.15, 0.2) is 12.0 Å². The fourth-order valence-electron chi connectivity index (χ4n) is 4.51. The number of pyridine rings is 1. The number of hydrogen-bond acceptors (Lipinski definition) is 4. The number of rotatable bonds is 1. The lowest BCUT2D eigenvalue weighted by Crippen LogP contribution is -2.32. The van der Waals surface area contributed by atoms with Gasteiger partial charge in [0, 0.05) is 22.3 Å². The molecule has 34 heavy (non-hydrogen) atoms. The van der Waals surface area contributed by atoms with Gasteiger partial charge in [0.1, 0.15) is 24.4 Å². The summed E-state index contributed by atoms with van der Waals surface area (Å²) in [6.07, 6.45) is 2.08. The Bertz CT molecular complexity index is 1440. The first-order valence-electron chi connectivity index (χ1n) is 11.9. The maximum Gasteiger partial charge on any atom is 0.257 e. The summed E-state index contributed by atoms with van der Waals surface area (Å²) in [5.41, 5.74) is 5.28. The second kappa shape index (κ2) is 7.33. The number of fused-ring (bicyclic) bond motifs is 2. The van der Waals surface area contributed by atoms with Crippen molar-refractivity contribution in [1.82, 2.24) is 15.0 Å². The smallest absolute Gasteiger partial charge is 0.257 e. The van der Waals surface area contributed by atoms with Crippen LogP contribution < -0.4 is 9.30 Å². The van der Waals surface area contributed by atoms with Gasteiger partial charge in [-0.3, -0.25) is 0 Å². The Morgan fingerprint density at radius 1 is 0.853 bits per heavy atom. The maximum absolute atomic E-state index is 6.64. The first-order valence-corrected chi connectivity index (χ1v) is 11.9. The van der Waals surface area contributed by atoms with Crippen molar-refractivity contribution in [3.8, 4) is 34.1 Å². The van der Waals surface area contributed by atoms with Crippen LogP contribution in [0.4, 0.5) is 0 Å². The monoisotopic (exact) mass is 453 g/mol. The minimum Gasteiger partial charge on any atom is -0.449 e. The van der Waals surface area contributed by atoms with Crippen molar-refractivity contribution in [3.05, 3.63) is 59.3 Å². The Balaban J connectivity index is 1.86. The topological polar surface area (TPSA) is 51.8 Å². The number of hydrogen-bond donors (Lipinski definition) is 0. The van der Waals surface area contributed by atoms with Crippen LogP contribution in [-0.4, -0.2) is 15.0 Å². The number of nitrogens with zero attached hydrogens (tertiary/aromatic N) is 4. The molecule has 0 radical (unpaired) electrons. The summed E-state index contributed by atoms with van der Waals surface area (Å²) in [5.74, 6) is 3.90. The highest BCUT2D eigenvalue weighted by molar-refractivity contribution is 6.05. The van der Waals surface area contributed by atoms with E-state index in [1.165, 1.54) is 22.1 Å². The van der Waals surface area contributed by atoms with E-state index in [0.717, 1.165) is 39.8 Å². The van der Waals surface area contributed by atoms with E-state index in [1.807, 2.05) is 0 Å². The standard InChI is InChI=1S/C29H33N4O/c1-16-15-18-11-10-12-20-22(18)21(17(16)2)23-24(34-20)19(13-14-33(23)9)25-30-26(28(3,4)5)32-27(31-25)29(6,7)8/h10-15H,1-9H3/q+1. The number of ether oxygens (including phenoxy) is 1. The molecule has 0 spiro atoms. The van der Waals surface area contributed by atoms with Crippen LogP contribution in [0, 0.1) is 13.8 Å². The molecule has 1 aliphatic rings. The van der Waals surface area contributed by atoms with Gasteiger partial charge in [-0.2, -0.15) is 4.57 Å². The molecule has 2 aromatic heterocycles. The van der Waals surface area contributed by atoms with Gasteiger partial charge < -0.3 is 4.74 Å². The van der Waals surface area contributed by atoms with Crippen LogP contribution in [0.2, 0.25) is 0 Å². The molecule has 0 aliphatic carbocycles. The molecule has 1 aliphatic heterocycles. The third-order valence-corrected chi connectivity index (χ3v) is 6.59. The molecule has 0 atom stereocenters. The van der Waals surface area contributed by atoms with Gasteiger partial charge in [-0.25, -0.2) is 15.0 Å². The van der Waals surface area contributed by atoms with Gasteiger partial charge in [-0.1, -0.05) is 59.7 Å². The van der Waals surface area contributed by atoms with E-state index in [9.17, 15) is 0 Å². The third-order valence-electron chi connectivity index (χ3n) is 6.59. The van der Waals surface area contributed by atoms with Crippen LogP contribution >= 0.6 is 0 Å². The fraction of sp³-hybridized carbons (Fsp3) is 0.379. The van der Waals surface area contributed by atoms with E-state index in [2.05, 4.69) is 104 Å². The van der Waals surface area contributed by atoms with Crippen molar-refractivity contribution in [3.63, 3.8) is 0 Å². The quantitative estimate of drug-likeness (QED) is 0.272. The van der Waals surface area contributed by atoms with Crippen LogP contribution in [0.15, 0.2) is 36.5 Å². The van der Waals surface area contributed by atoms with E-state index >= 15 is 0 Å². The molecule has 0 unspecified atom stereocenters. The zero-order valence-electron chi connectivity index (χ0n) is 21.7. The van der Waals surface area contributed by atoms with Crippen molar-refractivity contribution in [1.29, 1.82) is 0 Å². The summed E-state index contributed by atoms with van der Waals surface area (Å²) in [4.78, 5) is 14.8. The van der Waals surface area contributed by atoms with Crippen LogP contribution in [0.1, 0.15) is 64.3 Å². The van der Waals surface area contributed by atoms with Crippen molar-refractivity contribution in [2.75, 3.05) is 0 Å². The van der Waals surface area contributed by atoms with Gasteiger partial charge >= 0.3 is 0 Å². The second-order valence-corrected chi connectivity index (χ2v) is 11.5. The molecule has 5 nitrogen and oxygen atoms in total. The van der Waals surface area contributed by atoms with Gasteiger partial charge in [0.05, 0.1) is 11.1 Å². The van der Waals surface area contributed by atoms with E-state index in [1.54, 1.807) is 0 Å². The minimum atomic E-state index is -0.204. The number of benzene rings is 2. The average molecular weight is 454 g/mol. The maximum atomic E-state index is 6.64. The Labute approximate surface area is 201 Å². The summed E-state index contributed by atoms with van der Waals surface area (Å²) >= 11 is 0. The van der Waals surface area contributed by atoms with Crippen molar-refractivity contribution in [2.24, 2.45) is 7.05 Å². The highest BCUT2D eigenvalue weighted by atomic mass is 16.5. The first kappa shape index (κ1) is 22.5. The third kappa shape index (κ3) is 3.46. The molecule has 3 heterocycles. The molecule has 0 fully saturated rings. The summed E-state index contributed by atoms with van der Waals surface area (Å²) in [7, 11) is 2.07. The summed E-state index contributed by atoms with van der Waals surface area (Å²) < 4.78 is 8.79. The zero-order valence-corrected chi connectivity index (χ0v) is 21.7. The second-order valence-electron chi connectivity index (χ2n) is 11.5. The molecular formula is C29H33N4O+. The first-order chi connectivity index (χ1) is 15.9.